The van der Waals surface area contributed by atoms with Gasteiger partial charge in [0.2, 0.25) is 0 Å². The fourth-order valence-corrected chi connectivity index (χ4v) is 2.87. The SMILES string of the molecule is COC(=O)[C@H](C)N1CCN(Cc2cc(OC)ccc2OC)CC1. The molecule has 1 fully saturated rings. The average molecular weight is 322 g/mol. The Bertz CT molecular complexity index is 527. The molecule has 0 spiro atoms. The van der Waals surface area contributed by atoms with Gasteiger partial charge in [0.05, 0.1) is 21.3 Å². The van der Waals surface area contributed by atoms with Crippen LogP contribution in [0.15, 0.2) is 18.2 Å². The van der Waals surface area contributed by atoms with E-state index in [1.165, 1.54) is 7.11 Å². The molecule has 0 amide bonds. The Hall–Kier alpha value is -1.79. The number of ether oxygens (including phenoxy) is 3. The van der Waals surface area contributed by atoms with Crippen molar-refractivity contribution in [2.45, 2.75) is 19.5 Å². The molecule has 1 heterocycles. The van der Waals surface area contributed by atoms with Crippen LogP contribution in [0.25, 0.3) is 0 Å². The lowest BCUT2D eigenvalue weighted by atomic mass is 10.1. The van der Waals surface area contributed by atoms with Crippen LogP contribution in [-0.4, -0.2) is 69.3 Å². The van der Waals surface area contributed by atoms with Crippen LogP contribution in [-0.2, 0) is 16.1 Å². The largest absolute Gasteiger partial charge is 0.497 e. The smallest absolute Gasteiger partial charge is 0.322 e. The van der Waals surface area contributed by atoms with Crippen LogP contribution in [0, 0.1) is 0 Å². The molecule has 1 saturated heterocycles. The van der Waals surface area contributed by atoms with Gasteiger partial charge in [-0.2, -0.15) is 0 Å². The molecule has 0 unspecified atom stereocenters. The summed E-state index contributed by atoms with van der Waals surface area (Å²) in [6, 6.07) is 5.66. The first kappa shape index (κ1) is 17.6. The maximum atomic E-state index is 11.6. The van der Waals surface area contributed by atoms with Crippen molar-refractivity contribution in [2.24, 2.45) is 0 Å². The highest BCUT2D eigenvalue weighted by Gasteiger charge is 2.26. The quantitative estimate of drug-likeness (QED) is 0.738. The standard InChI is InChI=1S/C17H26N2O4/c1-13(17(20)23-4)19-9-7-18(8-10-19)12-14-11-15(21-2)5-6-16(14)22-3/h5-6,11,13H,7-10,12H2,1-4H3/t13-/m0/s1. The second kappa shape index (κ2) is 8.17. The van der Waals surface area contributed by atoms with Gasteiger partial charge >= 0.3 is 5.97 Å². The van der Waals surface area contributed by atoms with Crippen molar-refractivity contribution in [3.8, 4) is 11.5 Å². The molecule has 0 radical (unpaired) electrons. The summed E-state index contributed by atoms with van der Waals surface area (Å²) < 4.78 is 15.6. The van der Waals surface area contributed by atoms with Crippen LogP contribution in [0.1, 0.15) is 12.5 Å². The first-order valence-electron chi connectivity index (χ1n) is 7.84. The molecule has 1 aliphatic heterocycles. The first-order chi connectivity index (χ1) is 11.1. The maximum absolute atomic E-state index is 11.6. The van der Waals surface area contributed by atoms with Gasteiger partial charge in [0, 0.05) is 38.3 Å². The summed E-state index contributed by atoms with van der Waals surface area (Å²) in [6.45, 7) is 6.21. The van der Waals surface area contributed by atoms with E-state index in [9.17, 15) is 4.79 Å². The zero-order valence-electron chi connectivity index (χ0n) is 14.4. The van der Waals surface area contributed by atoms with Crippen molar-refractivity contribution in [3.63, 3.8) is 0 Å². The summed E-state index contributed by atoms with van der Waals surface area (Å²) in [5.41, 5.74) is 1.11. The number of esters is 1. The summed E-state index contributed by atoms with van der Waals surface area (Å²) in [7, 11) is 4.78. The second-order valence-corrected chi connectivity index (χ2v) is 5.69. The van der Waals surface area contributed by atoms with Gasteiger partial charge in [-0.25, -0.2) is 0 Å². The summed E-state index contributed by atoms with van der Waals surface area (Å²) >= 11 is 0. The van der Waals surface area contributed by atoms with Gasteiger partial charge in [0.15, 0.2) is 0 Å². The molecule has 1 aromatic carbocycles. The zero-order chi connectivity index (χ0) is 16.8. The summed E-state index contributed by atoms with van der Waals surface area (Å²) in [4.78, 5) is 16.1. The third kappa shape index (κ3) is 4.36. The number of nitrogens with zero attached hydrogens (tertiary/aromatic N) is 2. The van der Waals surface area contributed by atoms with Crippen molar-refractivity contribution in [3.05, 3.63) is 23.8 Å². The van der Waals surface area contributed by atoms with E-state index in [1.807, 2.05) is 25.1 Å². The van der Waals surface area contributed by atoms with Gasteiger partial charge in [-0.3, -0.25) is 14.6 Å². The predicted molar refractivity (Wildman–Crippen MR) is 87.9 cm³/mol. The van der Waals surface area contributed by atoms with Gasteiger partial charge in [0.1, 0.15) is 17.5 Å². The summed E-state index contributed by atoms with van der Waals surface area (Å²) in [6.07, 6.45) is 0. The number of carbonyl (C=O) groups excluding carboxylic acids is 1. The van der Waals surface area contributed by atoms with E-state index in [0.717, 1.165) is 49.8 Å². The maximum Gasteiger partial charge on any atom is 0.322 e. The molecule has 0 aliphatic carbocycles. The van der Waals surface area contributed by atoms with Gasteiger partial charge in [-0.1, -0.05) is 0 Å². The van der Waals surface area contributed by atoms with Crippen molar-refractivity contribution < 1.29 is 19.0 Å². The van der Waals surface area contributed by atoms with Crippen LogP contribution < -0.4 is 9.47 Å². The monoisotopic (exact) mass is 322 g/mol. The number of rotatable bonds is 6. The average Bonchev–Trinajstić information content (AvgIpc) is 2.61. The molecule has 0 N–H and O–H groups in total. The number of hydrogen-bond donors (Lipinski definition) is 0. The van der Waals surface area contributed by atoms with Crippen LogP contribution in [0.4, 0.5) is 0 Å². The van der Waals surface area contributed by atoms with Gasteiger partial charge < -0.3 is 14.2 Å². The number of piperazine rings is 1. The Kier molecular flexibility index (Phi) is 6.24. The molecular formula is C17H26N2O4. The molecule has 1 atom stereocenters. The minimum Gasteiger partial charge on any atom is -0.497 e. The Morgan fingerprint density at radius 2 is 1.83 bits per heavy atom. The highest BCUT2D eigenvalue weighted by Crippen LogP contribution is 2.25. The van der Waals surface area contributed by atoms with E-state index in [2.05, 4.69) is 9.80 Å². The Balaban J connectivity index is 1.95. The van der Waals surface area contributed by atoms with Crippen LogP contribution in [0.3, 0.4) is 0 Å². The summed E-state index contributed by atoms with van der Waals surface area (Å²) in [5, 5.41) is 0. The Morgan fingerprint density at radius 3 is 2.39 bits per heavy atom. The molecule has 128 valence electrons. The number of hydrogen-bond acceptors (Lipinski definition) is 6. The molecule has 0 bridgehead atoms. The van der Waals surface area contributed by atoms with Crippen LogP contribution in [0.2, 0.25) is 0 Å². The Morgan fingerprint density at radius 1 is 1.13 bits per heavy atom. The third-order valence-corrected chi connectivity index (χ3v) is 4.38. The predicted octanol–water partition coefficient (Wildman–Crippen LogP) is 1.38. The van der Waals surface area contributed by atoms with E-state index in [4.69, 9.17) is 14.2 Å². The zero-order valence-corrected chi connectivity index (χ0v) is 14.4. The fraction of sp³-hybridized carbons (Fsp3) is 0.588. The van der Waals surface area contributed by atoms with E-state index >= 15 is 0 Å². The van der Waals surface area contributed by atoms with Crippen LogP contribution in [0.5, 0.6) is 11.5 Å². The lowest BCUT2D eigenvalue weighted by molar-refractivity contribution is -0.147. The van der Waals surface area contributed by atoms with Crippen molar-refractivity contribution in [2.75, 3.05) is 47.5 Å². The van der Waals surface area contributed by atoms with Crippen LogP contribution >= 0.6 is 0 Å². The summed E-state index contributed by atoms with van der Waals surface area (Å²) in [5.74, 6) is 1.53. The molecule has 0 saturated carbocycles. The molecule has 6 nitrogen and oxygen atoms in total. The normalized spacial score (nSPS) is 17.6. The number of methoxy groups -OCH3 is 3. The van der Waals surface area contributed by atoms with E-state index in [0.29, 0.717) is 0 Å². The third-order valence-electron chi connectivity index (χ3n) is 4.38. The van der Waals surface area contributed by atoms with Crippen molar-refractivity contribution >= 4 is 5.97 Å². The lowest BCUT2D eigenvalue weighted by Gasteiger charge is -2.37. The highest BCUT2D eigenvalue weighted by atomic mass is 16.5. The minimum atomic E-state index is -0.187. The molecule has 6 heteroatoms. The Labute approximate surface area is 137 Å². The molecular weight excluding hydrogens is 296 g/mol. The van der Waals surface area contributed by atoms with E-state index in [1.54, 1.807) is 14.2 Å². The van der Waals surface area contributed by atoms with Crippen molar-refractivity contribution in [1.82, 2.24) is 9.80 Å². The topological polar surface area (TPSA) is 51.2 Å². The molecule has 2 rings (SSSR count). The van der Waals surface area contributed by atoms with Gasteiger partial charge in [-0.15, -0.1) is 0 Å². The van der Waals surface area contributed by atoms with Gasteiger partial charge in [-0.05, 0) is 25.1 Å². The second-order valence-electron chi connectivity index (χ2n) is 5.69. The van der Waals surface area contributed by atoms with Gasteiger partial charge in [0.25, 0.3) is 0 Å². The fourth-order valence-electron chi connectivity index (χ4n) is 2.87. The van der Waals surface area contributed by atoms with Crippen molar-refractivity contribution in [1.29, 1.82) is 0 Å². The van der Waals surface area contributed by atoms with E-state index in [-0.39, 0.29) is 12.0 Å². The number of carbonyl (C=O) groups is 1. The molecule has 1 aromatic rings. The molecule has 23 heavy (non-hydrogen) atoms. The first-order valence-corrected chi connectivity index (χ1v) is 7.84. The molecule has 1 aliphatic rings. The lowest BCUT2D eigenvalue weighted by Crippen LogP contribution is -2.51. The minimum absolute atomic E-state index is 0.173. The highest BCUT2D eigenvalue weighted by molar-refractivity contribution is 5.75. The van der Waals surface area contributed by atoms with E-state index < -0.39 is 0 Å². The number of benzene rings is 1. The molecule has 0 aromatic heterocycles.